The highest BCUT2D eigenvalue weighted by Crippen LogP contribution is 2.30. The highest BCUT2D eigenvalue weighted by Gasteiger charge is 2.23. The van der Waals surface area contributed by atoms with E-state index in [1.807, 2.05) is 55.5 Å². The number of nitrogens with zero attached hydrogens (tertiary/aromatic N) is 1. The van der Waals surface area contributed by atoms with E-state index in [1.165, 1.54) is 11.8 Å². The van der Waals surface area contributed by atoms with Gasteiger partial charge in [0.25, 0.3) is 5.91 Å². The van der Waals surface area contributed by atoms with E-state index >= 15 is 0 Å². The van der Waals surface area contributed by atoms with Gasteiger partial charge in [0, 0.05) is 0 Å². The third-order valence-electron chi connectivity index (χ3n) is 3.07. The van der Waals surface area contributed by atoms with Crippen molar-refractivity contribution < 1.29 is 4.79 Å². The number of amides is 1. The molecule has 1 saturated heterocycles. The van der Waals surface area contributed by atoms with Crippen molar-refractivity contribution in [2.24, 2.45) is 4.99 Å². The second-order valence-electron chi connectivity index (χ2n) is 4.85. The minimum absolute atomic E-state index is 0.141. The maximum absolute atomic E-state index is 12.0. The highest BCUT2D eigenvalue weighted by molar-refractivity contribution is 8.18. The van der Waals surface area contributed by atoms with Gasteiger partial charge in [-0.05, 0) is 42.5 Å². The highest BCUT2D eigenvalue weighted by atomic mass is 35.5. The first-order chi connectivity index (χ1) is 10.6. The largest absolute Gasteiger partial charge is 0.300 e. The van der Waals surface area contributed by atoms with Crippen molar-refractivity contribution >= 4 is 46.2 Å². The number of hydrogen-bond acceptors (Lipinski definition) is 3. The molecule has 0 unspecified atom stereocenters. The Balaban J connectivity index is 1.86. The summed E-state index contributed by atoms with van der Waals surface area (Å²) in [6.07, 6.45) is 1.86. The summed E-state index contributed by atoms with van der Waals surface area (Å²) in [4.78, 5) is 17.0. The van der Waals surface area contributed by atoms with Gasteiger partial charge in [-0.25, -0.2) is 4.99 Å². The minimum atomic E-state index is -0.141. The molecule has 1 fully saturated rings. The Hall–Kier alpha value is -2.04. The van der Waals surface area contributed by atoms with Gasteiger partial charge in [-0.15, -0.1) is 0 Å². The summed E-state index contributed by atoms with van der Waals surface area (Å²) in [6.45, 7) is 2.02. The van der Waals surface area contributed by atoms with Crippen LogP contribution in [0.3, 0.4) is 0 Å². The van der Waals surface area contributed by atoms with E-state index in [9.17, 15) is 4.79 Å². The second kappa shape index (κ2) is 6.38. The van der Waals surface area contributed by atoms with Crippen molar-refractivity contribution in [3.63, 3.8) is 0 Å². The minimum Gasteiger partial charge on any atom is -0.300 e. The van der Waals surface area contributed by atoms with Gasteiger partial charge in [-0.3, -0.25) is 4.79 Å². The van der Waals surface area contributed by atoms with E-state index in [-0.39, 0.29) is 5.91 Å². The van der Waals surface area contributed by atoms with Crippen LogP contribution in [0.2, 0.25) is 5.02 Å². The number of amidine groups is 1. The van der Waals surface area contributed by atoms with E-state index in [0.717, 1.165) is 11.1 Å². The molecule has 0 saturated carbocycles. The van der Waals surface area contributed by atoms with Crippen LogP contribution in [-0.4, -0.2) is 11.1 Å². The number of carbonyl (C=O) groups excluding carboxylic acids is 1. The molecule has 0 radical (unpaired) electrons. The third kappa shape index (κ3) is 3.40. The fourth-order valence-corrected chi connectivity index (χ4v) is 3.06. The molecule has 0 atom stereocenters. The number of thioether (sulfide) groups is 1. The van der Waals surface area contributed by atoms with Crippen LogP contribution in [0.25, 0.3) is 6.08 Å². The van der Waals surface area contributed by atoms with E-state index in [2.05, 4.69) is 10.3 Å². The van der Waals surface area contributed by atoms with Crippen LogP contribution in [0.4, 0.5) is 5.69 Å². The Kier molecular flexibility index (Phi) is 4.32. The van der Waals surface area contributed by atoms with Gasteiger partial charge in [0.05, 0.1) is 15.6 Å². The van der Waals surface area contributed by atoms with Crippen molar-refractivity contribution in [1.82, 2.24) is 5.32 Å². The van der Waals surface area contributed by atoms with E-state index in [0.29, 0.717) is 20.8 Å². The smallest absolute Gasteiger partial charge is 0.264 e. The lowest BCUT2D eigenvalue weighted by molar-refractivity contribution is -0.115. The SMILES string of the molecule is Cc1cccc(C=C2SC(=Nc3ccccc3Cl)NC2=O)c1. The van der Waals surface area contributed by atoms with Crippen LogP contribution in [0.1, 0.15) is 11.1 Å². The lowest BCUT2D eigenvalue weighted by Crippen LogP contribution is -2.19. The summed E-state index contributed by atoms with van der Waals surface area (Å²) in [5.74, 6) is -0.141. The maximum Gasteiger partial charge on any atom is 0.264 e. The number of rotatable bonds is 2. The van der Waals surface area contributed by atoms with E-state index in [4.69, 9.17) is 11.6 Å². The molecule has 5 heteroatoms. The van der Waals surface area contributed by atoms with Gasteiger partial charge in [0.15, 0.2) is 5.17 Å². The second-order valence-corrected chi connectivity index (χ2v) is 6.29. The number of benzene rings is 2. The number of nitrogens with one attached hydrogen (secondary N) is 1. The molecule has 0 aliphatic carbocycles. The maximum atomic E-state index is 12.0. The summed E-state index contributed by atoms with van der Waals surface area (Å²) in [5, 5.41) is 3.86. The fourth-order valence-electron chi connectivity index (χ4n) is 2.04. The predicted octanol–water partition coefficient (Wildman–Crippen LogP) is 4.54. The molecule has 3 nitrogen and oxygen atoms in total. The first-order valence-electron chi connectivity index (χ1n) is 6.72. The molecule has 110 valence electrons. The molecule has 1 heterocycles. The Bertz CT molecular complexity index is 799. The van der Waals surface area contributed by atoms with Gasteiger partial charge in [-0.2, -0.15) is 0 Å². The molecule has 2 aromatic rings. The van der Waals surface area contributed by atoms with Gasteiger partial charge in [0.2, 0.25) is 0 Å². The van der Waals surface area contributed by atoms with Crippen molar-refractivity contribution in [3.05, 3.63) is 69.6 Å². The van der Waals surface area contributed by atoms with Gasteiger partial charge < -0.3 is 5.32 Å². The zero-order valence-corrected chi connectivity index (χ0v) is 13.4. The molecule has 0 aromatic heterocycles. The van der Waals surface area contributed by atoms with E-state index in [1.54, 1.807) is 6.07 Å². The number of para-hydroxylation sites is 1. The number of carbonyl (C=O) groups is 1. The monoisotopic (exact) mass is 328 g/mol. The molecule has 0 bridgehead atoms. The van der Waals surface area contributed by atoms with Crippen molar-refractivity contribution in [3.8, 4) is 0 Å². The van der Waals surface area contributed by atoms with Gasteiger partial charge >= 0.3 is 0 Å². The summed E-state index contributed by atoms with van der Waals surface area (Å²) < 4.78 is 0. The van der Waals surface area contributed by atoms with Gasteiger partial charge in [-0.1, -0.05) is 53.6 Å². The number of halogens is 1. The average molecular weight is 329 g/mol. The van der Waals surface area contributed by atoms with Crippen LogP contribution in [0, 0.1) is 6.92 Å². The fraction of sp³-hybridized carbons (Fsp3) is 0.0588. The Morgan fingerprint density at radius 1 is 1.18 bits per heavy atom. The zero-order valence-electron chi connectivity index (χ0n) is 11.8. The van der Waals surface area contributed by atoms with Crippen LogP contribution < -0.4 is 5.32 Å². The molecule has 3 rings (SSSR count). The Morgan fingerprint density at radius 2 is 2.00 bits per heavy atom. The quantitative estimate of drug-likeness (QED) is 0.822. The summed E-state index contributed by atoms with van der Waals surface area (Å²) in [5.41, 5.74) is 2.79. The molecular weight excluding hydrogens is 316 g/mol. The predicted molar refractivity (Wildman–Crippen MR) is 93.4 cm³/mol. The van der Waals surface area contributed by atoms with Crippen molar-refractivity contribution in [2.75, 3.05) is 0 Å². The molecular formula is C17H13ClN2OS. The Morgan fingerprint density at radius 3 is 2.77 bits per heavy atom. The first kappa shape index (κ1) is 14.9. The molecule has 1 aliphatic heterocycles. The standard InChI is InChI=1S/C17H13ClN2OS/c1-11-5-4-6-12(9-11)10-15-16(21)20-17(22-15)19-14-8-3-2-7-13(14)18/h2-10H,1H3,(H,19,20,21). The molecule has 2 aromatic carbocycles. The number of hydrogen-bond donors (Lipinski definition) is 1. The van der Waals surface area contributed by atoms with Gasteiger partial charge in [0.1, 0.15) is 0 Å². The third-order valence-corrected chi connectivity index (χ3v) is 4.29. The summed E-state index contributed by atoms with van der Waals surface area (Å²) >= 11 is 7.39. The molecule has 1 aliphatic rings. The van der Waals surface area contributed by atoms with Crippen LogP contribution >= 0.6 is 23.4 Å². The molecule has 1 N–H and O–H groups in total. The number of aryl methyl sites for hydroxylation is 1. The molecule has 0 spiro atoms. The molecule has 22 heavy (non-hydrogen) atoms. The lowest BCUT2D eigenvalue weighted by Gasteiger charge is -1.98. The topological polar surface area (TPSA) is 41.5 Å². The normalized spacial score (nSPS) is 18.0. The summed E-state index contributed by atoms with van der Waals surface area (Å²) in [6, 6.07) is 15.3. The van der Waals surface area contributed by atoms with Crippen LogP contribution in [-0.2, 0) is 4.79 Å². The lowest BCUT2D eigenvalue weighted by atomic mass is 10.1. The van der Waals surface area contributed by atoms with Crippen LogP contribution in [0.5, 0.6) is 0 Å². The van der Waals surface area contributed by atoms with Crippen molar-refractivity contribution in [2.45, 2.75) is 6.92 Å². The first-order valence-corrected chi connectivity index (χ1v) is 7.92. The Labute approximate surface area is 138 Å². The van der Waals surface area contributed by atoms with E-state index < -0.39 is 0 Å². The summed E-state index contributed by atoms with van der Waals surface area (Å²) in [7, 11) is 0. The molecule has 1 amide bonds. The number of aliphatic imine (C=N–C) groups is 1. The zero-order chi connectivity index (χ0) is 15.5. The average Bonchev–Trinajstić information content (AvgIpc) is 2.81. The van der Waals surface area contributed by atoms with Crippen LogP contribution in [0.15, 0.2) is 58.4 Å². The van der Waals surface area contributed by atoms with Crippen molar-refractivity contribution in [1.29, 1.82) is 0 Å².